The van der Waals surface area contributed by atoms with Crippen LogP contribution in [0.1, 0.15) is 35.4 Å². The second-order valence-electron chi connectivity index (χ2n) is 5.81. The SMILES string of the molecule is c1cc(CNCc2ccc3c(c2)OCO3)cc(C2CC2)c1. The number of ether oxygens (including phenoxy) is 2. The van der Waals surface area contributed by atoms with E-state index in [1.807, 2.05) is 6.07 Å². The van der Waals surface area contributed by atoms with Gasteiger partial charge in [0.15, 0.2) is 11.5 Å². The molecule has 2 aromatic rings. The smallest absolute Gasteiger partial charge is 0.231 e. The van der Waals surface area contributed by atoms with Crippen molar-refractivity contribution in [2.75, 3.05) is 6.79 Å². The summed E-state index contributed by atoms with van der Waals surface area (Å²) in [5.74, 6) is 2.51. The zero-order valence-corrected chi connectivity index (χ0v) is 12.0. The fourth-order valence-electron chi connectivity index (χ4n) is 2.78. The van der Waals surface area contributed by atoms with Crippen molar-refractivity contribution in [3.05, 3.63) is 59.2 Å². The maximum absolute atomic E-state index is 5.40. The molecule has 0 saturated heterocycles. The Kier molecular flexibility index (Phi) is 3.28. The van der Waals surface area contributed by atoms with Crippen LogP contribution in [0.25, 0.3) is 0 Å². The number of fused-ring (bicyclic) bond motifs is 1. The van der Waals surface area contributed by atoms with Gasteiger partial charge < -0.3 is 14.8 Å². The van der Waals surface area contributed by atoms with Gasteiger partial charge in [-0.25, -0.2) is 0 Å². The molecule has 1 aliphatic heterocycles. The molecule has 0 radical (unpaired) electrons. The van der Waals surface area contributed by atoms with E-state index in [1.54, 1.807) is 0 Å². The van der Waals surface area contributed by atoms with Gasteiger partial charge in [-0.2, -0.15) is 0 Å². The van der Waals surface area contributed by atoms with Crippen LogP contribution in [0.3, 0.4) is 0 Å². The molecular formula is C18H19NO2. The quantitative estimate of drug-likeness (QED) is 0.908. The minimum Gasteiger partial charge on any atom is -0.454 e. The maximum atomic E-state index is 5.40. The van der Waals surface area contributed by atoms with Crippen LogP contribution in [0, 0.1) is 0 Å². The first-order valence-electron chi connectivity index (χ1n) is 7.56. The van der Waals surface area contributed by atoms with Gasteiger partial charge in [-0.15, -0.1) is 0 Å². The van der Waals surface area contributed by atoms with Crippen molar-refractivity contribution in [3.63, 3.8) is 0 Å². The lowest BCUT2D eigenvalue weighted by molar-refractivity contribution is 0.174. The van der Waals surface area contributed by atoms with E-state index in [2.05, 4.69) is 41.7 Å². The van der Waals surface area contributed by atoms with Crippen molar-refractivity contribution in [3.8, 4) is 11.5 Å². The molecule has 3 heteroatoms. The van der Waals surface area contributed by atoms with Gasteiger partial charge in [0.2, 0.25) is 6.79 Å². The average Bonchev–Trinajstić information content (AvgIpc) is 3.26. The summed E-state index contributed by atoms with van der Waals surface area (Å²) >= 11 is 0. The van der Waals surface area contributed by atoms with Gasteiger partial charge in [-0.1, -0.05) is 30.3 Å². The molecule has 3 nitrogen and oxygen atoms in total. The molecule has 0 aromatic heterocycles. The van der Waals surface area contributed by atoms with Crippen LogP contribution in [-0.4, -0.2) is 6.79 Å². The molecule has 1 saturated carbocycles. The van der Waals surface area contributed by atoms with Crippen LogP contribution < -0.4 is 14.8 Å². The van der Waals surface area contributed by atoms with Crippen LogP contribution in [0.5, 0.6) is 11.5 Å². The van der Waals surface area contributed by atoms with Gasteiger partial charge in [0.1, 0.15) is 0 Å². The Bertz CT molecular complexity index is 649. The fourth-order valence-corrected chi connectivity index (χ4v) is 2.78. The molecule has 0 bridgehead atoms. The monoisotopic (exact) mass is 281 g/mol. The summed E-state index contributed by atoms with van der Waals surface area (Å²) in [6, 6.07) is 15.1. The lowest BCUT2D eigenvalue weighted by Gasteiger charge is -2.07. The van der Waals surface area contributed by atoms with Crippen LogP contribution in [0.4, 0.5) is 0 Å². The van der Waals surface area contributed by atoms with Crippen molar-refractivity contribution in [2.24, 2.45) is 0 Å². The summed E-state index contributed by atoms with van der Waals surface area (Å²) < 4.78 is 10.7. The Hall–Kier alpha value is -2.00. The molecule has 0 atom stereocenters. The topological polar surface area (TPSA) is 30.5 Å². The van der Waals surface area contributed by atoms with Crippen LogP contribution >= 0.6 is 0 Å². The highest BCUT2D eigenvalue weighted by Gasteiger charge is 2.23. The molecule has 0 spiro atoms. The zero-order chi connectivity index (χ0) is 14.1. The number of benzene rings is 2. The van der Waals surface area contributed by atoms with Gasteiger partial charge in [-0.3, -0.25) is 0 Å². The van der Waals surface area contributed by atoms with Gasteiger partial charge >= 0.3 is 0 Å². The van der Waals surface area contributed by atoms with E-state index >= 15 is 0 Å². The van der Waals surface area contributed by atoms with E-state index in [-0.39, 0.29) is 0 Å². The third kappa shape index (κ3) is 2.88. The fraction of sp³-hybridized carbons (Fsp3) is 0.333. The molecule has 1 fully saturated rings. The van der Waals surface area contributed by atoms with E-state index in [9.17, 15) is 0 Å². The van der Waals surface area contributed by atoms with Crippen LogP contribution in [0.2, 0.25) is 0 Å². The third-order valence-corrected chi connectivity index (χ3v) is 4.10. The minimum absolute atomic E-state index is 0.334. The van der Waals surface area contributed by atoms with E-state index in [4.69, 9.17) is 9.47 Å². The first kappa shape index (κ1) is 12.7. The standard InChI is InChI=1S/C18H19NO2/c1-2-13(8-16(3-1)15-5-6-15)10-19-11-14-4-7-17-18(9-14)21-12-20-17/h1-4,7-9,15,19H,5-6,10-12H2. The summed E-state index contributed by atoms with van der Waals surface area (Å²) in [5.41, 5.74) is 4.08. The molecular weight excluding hydrogens is 262 g/mol. The van der Waals surface area contributed by atoms with Crippen molar-refractivity contribution in [1.29, 1.82) is 0 Å². The summed E-state index contributed by atoms with van der Waals surface area (Å²) in [5, 5.41) is 3.50. The van der Waals surface area contributed by atoms with Crippen molar-refractivity contribution >= 4 is 0 Å². The van der Waals surface area contributed by atoms with E-state index in [1.165, 1.54) is 29.5 Å². The van der Waals surface area contributed by atoms with Crippen molar-refractivity contribution in [2.45, 2.75) is 31.8 Å². The Morgan fingerprint density at radius 3 is 2.57 bits per heavy atom. The van der Waals surface area contributed by atoms with E-state index in [0.717, 1.165) is 30.5 Å². The molecule has 1 aliphatic carbocycles. The van der Waals surface area contributed by atoms with Gasteiger partial charge in [-0.05, 0) is 47.6 Å². The summed E-state index contributed by atoms with van der Waals surface area (Å²) in [4.78, 5) is 0. The molecule has 0 amide bonds. The van der Waals surface area contributed by atoms with E-state index < -0.39 is 0 Å². The first-order chi connectivity index (χ1) is 10.4. The maximum Gasteiger partial charge on any atom is 0.231 e. The van der Waals surface area contributed by atoms with Gasteiger partial charge in [0, 0.05) is 13.1 Å². The largest absolute Gasteiger partial charge is 0.454 e. The number of hydrogen-bond acceptors (Lipinski definition) is 3. The molecule has 4 rings (SSSR count). The lowest BCUT2D eigenvalue weighted by atomic mass is 10.1. The number of hydrogen-bond donors (Lipinski definition) is 1. The Morgan fingerprint density at radius 2 is 1.71 bits per heavy atom. The minimum atomic E-state index is 0.334. The highest BCUT2D eigenvalue weighted by atomic mass is 16.7. The van der Waals surface area contributed by atoms with Gasteiger partial charge in [0.05, 0.1) is 0 Å². The highest BCUT2D eigenvalue weighted by molar-refractivity contribution is 5.44. The molecule has 0 unspecified atom stereocenters. The molecule has 1 heterocycles. The highest BCUT2D eigenvalue weighted by Crippen LogP contribution is 2.40. The van der Waals surface area contributed by atoms with E-state index in [0.29, 0.717) is 6.79 Å². The Labute approximate surface area is 124 Å². The predicted octanol–water partition coefficient (Wildman–Crippen LogP) is 3.58. The molecule has 1 N–H and O–H groups in total. The summed E-state index contributed by atoms with van der Waals surface area (Å²) in [7, 11) is 0. The Balaban J connectivity index is 1.35. The lowest BCUT2D eigenvalue weighted by Crippen LogP contribution is -2.12. The third-order valence-electron chi connectivity index (χ3n) is 4.10. The van der Waals surface area contributed by atoms with Crippen molar-refractivity contribution in [1.82, 2.24) is 5.32 Å². The van der Waals surface area contributed by atoms with Crippen LogP contribution in [0.15, 0.2) is 42.5 Å². The average molecular weight is 281 g/mol. The number of rotatable bonds is 5. The number of nitrogens with one attached hydrogen (secondary N) is 1. The second-order valence-corrected chi connectivity index (χ2v) is 5.81. The normalized spacial score (nSPS) is 16.2. The summed E-state index contributed by atoms with van der Waals surface area (Å²) in [6.07, 6.45) is 2.71. The molecule has 108 valence electrons. The molecule has 2 aromatic carbocycles. The zero-order valence-electron chi connectivity index (χ0n) is 12.0. The van der Waals surface area contributed by atoms with Gasteiger partial charge in [0.25, 0.3) is 0 Å². The second kappa shape index (κ2) is 5.41. The first-order valence-corrected chi connectivity index (χ1v) is 7.56. The molecule has 21 heavy (non-hydrogen) atoms. The summed E-state index contributed by atoms with van der Waals surface area (Å²) in [6.45, 7) is 2.07. The Morgan fingerprint density at radius 1 is 0.905 bits per heavy atom. The van der Waals surface area contributed by atoms with Crippen molar-refractivity contribution < 1.29 is 9.47 Å². The molecule has 2 aliphatic rings. The van der Waals surface area contributed by atoms with Crippen LogP contribution in [-0.2, 0) is 13.1 Å². The predicted molar refractivity (Wildman–Crippen MR) is 81.5 cm³/mol.